The highest BCUT2D eigenvalue weighted by Crippen LogP contribution is 2.31. The standard InChI is InChI=1S/C19H15Cl2N5OS/c1-10(2)18-24-26-16(22)13(17(27)23-19(26)28-18)9-12-4-3-7-25(12)15-6-5-11(20)8-14(15)21/h3-10,22H,1-2H3/b13-9-,22-16?. The molecule has 1 aromatic heterocycles. The molecular formula is C19H15Cl2N5OS. The van der Waals surface area contributed by atoms with Gasteiger partial charge in [0, 0.05) is 22.8 Å². The van der Waals surface area contributed by atoms with Gasteiger partial charge in [0.05, 0.1) is 16.3 Å². The van der Waals surface area contributed by atoms with E-state index >= 15 is 0 Å². The van der Waals surface area contributed by atoms with Crippen molar-refractivity contribution in [2.24, 2.45) is 16.0 Å². The molecule has 1 N–H and O–H groups in total. The van der Waals surface area contributed by atoms with Gasteiger partial charge in [0.2, 0.25) is 5.17 Å². The largest absolute Gasteiger partial charge is 0.316 e. The van der Waals surface area contributed by atoms with Gasteiger partial charge in [0.25, 0.3) is 5.91 Å². The number of nitrogens with one attached hydrogen (secondary N) is 1. The van der Waals surface area contributed by atoms with Gasteiger partial charge in [0.15, 0.2) is 5.84 Å². The third kappa shape index (κ3) is 3.30. The predicted octanol–water partition coefficient (Wildman–Crippen LogP) is 5.06. The third-order valence-electron chi connectivity index (χ3n) is 4.21. The Hall–Kier alpha value is -2.35. The van der Waals surface area contributed by atoms with E-state index in [-0.39, 0.29) is 17.3 Å². The van der Waals surface area contributed by atoms with Gasteiger partial charge in [-0.15, -0.1) is 0 Å². The minimum atomic E-state index is -0.459. The second-order valence-electron chi connectivity index (χ2n) is 6.51. The Balaban J connectivity index is 1.74. The van der Waals surface area contributed by atoms with Crippen molar-refractivity contribution in [1.82, 2.24) is 9.58 Å². The van der Waals surface area contributed by atoms with Crippen molar-refractivity contribution in [1.29, 1.82) is 5.41 Å². The summed E-state index contributed by atoms with van der Waals surface area (Å²) in [5.74, 6) is -0.259. The zero-order valence-corrected chi connectivity index (χ0v) is 17.3. The van der Waals surface area contributed by atoms with Crippen LogP contribution >= 0.6 is 35.0 Å². The lowest BCUT2D eigenvalue weighted by Crippen LogP contribution is -2.35. The summed E-state index contributed by atoms with van der Waals surface area (Å²) in [4.78, 5) is 16.7. The van der Waals surface area contributed by atoms with E-state index in [0.29, 0.717) is 20.9 Å². The van der Waals surface area contributed by atoms with E-state index in [1.807, 2.05) is 36.7 Å². The van der Waals surface area contributed by atoms with Gasteiger partial charge in [-0.1, -0.05) is 37.0 Å². The van der Waals surface area contributed by atoms with E-state index in [4.69, 9.17) is 28.6 Å². The zero-order chi connectivity index (χ0) is 20.0. The van der Waals surface area contributed by atoms with Crippen molar-refractivity contribution in [2.75, 3.05) is 0 Å². The molecule has 3 heterocycles. The number of hydrogen-bond donors (Lipinski definition) is 1. The molecule has 0 spiro atoms. The number of benzene rings is 1. The second kappa shape index (κ2) is 7.24. The van der Waals surface area contributed by atoms with Crippen LogP contribution in [0.1, 0.15) is 19.5 Å². The van der Waals surface area contributed by atoms with Crippen LogP contribution in [-0.2, 0) is 4.79 Å². The van der Waals surface area contributed by atoms with Gasteiger partial charge in [-0.25, -0.2) is 0 Å². The molecule has 0 atom stereocenters. The number of carbonyl (C=O) groups excluding carboxylic acids is 1. The summed E-state index contributed by atoms with van der Waals surface area (Å²) in [5.41, 5.74) is 1.58. The lowest BCUT2D eigenvalue weighted by Gasteiger charge is -2.20. The van der Waals surface area contributed by atoms with E-state index in [9.17, 15) is 4.79 Å². The fourth-order valence-corrected chi connectivity index (χ4v) is 4.19. The van der Waals surface area contributed by atoms with Crippen molar-refractivity contribution in [3.05, 3.63) is 57.8 Å². The molecule has 6 nitrogen and oxygen atoms in total. The summed E-state index contributed by atoms with van der Waals surface area (Å²) < 4.78 is 1.83. The molecule has 1 amide bonds. The molecule has 0 unspecified atom stereocenters. The summed E-state index contributed by atoms with van der Waals surface area (Å²) >= 11 is 13.6. The van der Waals surface area contributed by atoms with Gasteiger partial charge in [-0.2, -0.15) is 15.1 Å². The van der Waals surface area contributed by atoms with Crippen LogP contribution in [0.4, 0.5) is 0 Å². The predicted molar refractivity (Wildman–Crippen MR) is 116 cm³/mol. The van der Waals surface area contributed by atoms with Crippen molar-refractivity contribution in [3.63, 3.8) is 0 Å². The van der Waals surface area contributed by atoms with Crippen LogP contribution in [0.2, 0.25) is 10.0 Å². The molecule has 4 rings (SSSR count). The molecule has 2 aromatic rings. The Bertz CT molecular complexity index is 1100. The second-order valence-corrected chi connectivity index (χ2v) is 8.34. The fourth-order valence-electron chi connectivity index (χ4n) is 2.80. The molecule has 2 aliphatic heterocycles. The van der Waals surface area contributed by atoms with Crippen LogP contribution in [0, 0.1) is 11.3 Å². The maximum Gasteiger partial charge on any atom is 0.283 e. The minimum absolute atomic E-state index is 0.00750. The summed E-state index contributed by atoms with van der Waals surface area (Å²) in [6.45, 7) is 4.02. The average Bonchev–Trinajstić information content (AvgIpc) is 3.25. The number of hydrogen-bond acceptors (Lipinski definition) is 4. The number of rotatable bonds is 3. The number of amidine groups is 2. The van der Waals surface area contributed by atoms with Gasteiger partial charge < -0.3 is 4.57 Å². The van der Waals surface area contributed by atoms with Gasteiger partial charge in [-0.05, 0) is 48.2 Å². The van der Waals surface area contributed by atoms with Crippen LogP contribution in [0.5, 0.6) is 0 Å². The number of amides is 1. The third-order valence-corrected chi connectivity index (χ3v) is 5.95. The smallest absolute Gasteiger partial charge is 0.283 e. The van der Waals surface area contributed by atoms with Crippen LogP contribution in [0.25, 0.3) is 11.8 Å². The molecule has 2 aliphatic rings. The van der Waals surface area contributed by atoms with E-state index in [2.05, 4.69) is 10.1 Å². The summed E-state index contributed by atoms with van der Waals surface area (Å²) in [5, 5.41) is 16.6. The van der Waals surface area contributed by atoms with E-state index in [1.165, 1.54) is 16.8 Å². The Labute approximate surface area is 176 Å². The van der Waals surface area contributed by atoms with Crippen molar-refractivity contribution in [2.45, 2.75) is 13.8 Å². The number of nitrogens with zero attached hydrogens (tertiary/aromatic N) is 4. The maximum atomic E-state index is 12.6. The number of thioether (sulfide) groups is 1. The highest BCUT2D eigenvalue weighted by Gasteiger charge is 2.36. The Morgan fingerprint density at radius 2 is 2.04 bits per heavy atom. The van der Waals surface area contributed by atoms with Crippen LogP contribution in [0.3, 0.4) is 0 Å². The van der Waals surface area contributed by atoms with E-state index in [1.54, 1.807) is 24.3 Å². The van der Waals surface area contributed by atoms with Gasteiger partial charge in [0.1, 0.15) is 5.04 Å². The monoisotopic (exact) mass is 431 g/mol. The Kier molecular flexibility index (Phi) is 4.91. The zero-order valence-electron chi connectivity index (χ0n) is 15.0. The van der Waals surface area contributed by atoms with Crippen molar-refractivity contribution in [3.8, 4) is 5.69 Å². The molecule has 0 saturated carbocycles. The average molecular weight is 432 g/mol. The lowest BCUT2D eigenvalue weighted by atomic mass is 10.1. The SMILES string of the molecule is CC(C)C1=NN2C(=N)/C(=C/c3cccn3-c3ccc(Cl)cc3Cl)C(=O)N=C2S1. The Morgan fingerprint density at radius 1 is 1.25 bits per heavy atom. The molecule has 0 radical (unpaired) electrons. The van der Waals surface area contributed by atoms with Crippen molar-refractivity contribution < 1.29 is 4.79 Å². The summed E-state index contributed by atoms with van der Waals surface area (Å²) in [6.07, 6.45) is 3.46. The molecule has 0 fully saturated rings. The lowest BCUT2D eigenvalue weighted by molar-refractivity contribution is -0.114. The first-order valence-corrected chi connectivity index (χ1v) is 10.1. The number of halogens is 2. The quantitative estimate of drug-likeness (QED) is 0.689. The molecule has 0 bridgehead atoms. The number of hydrazone groups is 1. The topological polar surface area (TPSA) is 73.8 Å². The first-order valence-electron chi connectivity index (χ1n) is 8.48. The molecule has 0 aliphatic carbocycles. The first kappa shape index (κ1) is 19.0. The highest BCUT2D eigenvalue weighted by molar-refractivity contribution is 8.27. The number of aliphatic imine (C=N–C) groups is 1. The minimum Gasteiger partial charge on any atom is -0.316 e. The normalized spacial score (nSPS) is 18.0. The maximum absolute atomic E-state index is 12.6. The first-order chi connectivity index (χ1) is 13.3. The molecule has 9 heteroatoms. The van der Waals surface area contributed by atoms with Crippen LogP contribution in [0.15, 0.2) is 52.2 Å². The summed E-state index contributed by atoms with van der Waals surface area (Å²) in [6, 6.07) is 8.87. The number of carbonyl (C=O) groups is 1. The van der Waals surface area contributed by atoms with Gasteiger partial charge in [-0.3, -0.25) is 10.2 Å². The Morgan fingerprint density at radius 3 is 2.75 bits per heavy atom. The van der Waals surface area contributed by atoms with E-state index in [0.717, 1.165) is 10.7 Å². The van der Waals surface area contributed by atoms with Crippen LogP contribution in [-0.4, -0.2) is 31.5 Å². The number of fused-ring (bicyclic) bond motifs is 1. The van der Waals surface area contributed by atoms with Crippen molar-refractivity contribution >= 4 is 63.0 Å². The summed E-state index contributed by atoms with van der Waals surface area (Å²) in [7, 11) is 0. The molecule has 1 aromatic carbocycles. The molecule has 142 valence electrons. The number of aromatic nitrogens is 1. The molecule has 28 heavy (non-hydrogen) atoms. The fraction of sp³-hybridized carbons (Fsp3) is 0.158. The highest BCUT2D eigenvalue weighted by atomic mass is 35.5. The van der Waals surface area contributed by atoms with Crippen LogP contribution < -0.4 is 0 Å². The van der Waals surface area contributed by atoms with E-state index < -0.39 is 5.91 Å². The molecular weight excluding hydrogens is 417 g/mol. The van der Waals surface area contributed by atoms with Gasteiger partial charge >= 0.3 is 0 Å². The molecule has 0 saturated heterocycles.